The molecule has 0 radical (unpaired) electrons. The zero-order valence-corrected chi connectivity index (χ0v) is 9.21. The van der Waals surface area contributed by atoms with Crippen LogP contribution in [0.4, 0.5) is 5.69 Å². The van der Waals surface area contributed by atoms with Gasteiger partial charge in [0.15, 0.2) is 0 Å². The fraction of sp³-hybridized carbons (Fsp3) is 0.400. The fourth-order valence-corrected chi connectivity index (χ4v) is 1.30. The summed E-state index contributed by atoms with van der Waals surface area (Å²) in [5.74, 6) is 2.49. The molecule has 0 unspecified atom stereocenters. The van der Waals surface area contributed by atoms with Gasteiger partial charge in [-0.15, -0.1) is 12.3 Å². The van der Waals surface area contributed by atoms with Crippen LogP contribution in [0.25, 0.3) is 0 Å². The van der Waals surface area contributed by atoms with Gasteiger partial charge in [-0.2, -0.15) is 5.10 Å². The first-order valence-corrected chi connectivity index (χ1v) is 5.01. The molecule has 0 amide bonds. The zero-order valence-electron chi connectivity index (χ0n) is 8.46. The highest BCUT2D eigenvalue weighted by atomic mass is 35.5. The molecule has 0 aliphatic heterocycles. The minimum Gasteiger partial charge on any atom is -0.381 e. The predicted octanol–water partition coefficient (Wildman–Crippen LogP) is 1.35. The van der Waals surface area contributed by atoms with Crippen molar-refractivity contribution in [2.45, 2.75) is 19.9 Å². The number of anilines is 1. The third-order valence-electron chi connectivity index (χ3n) is 1.87. The standard InChI is InChI=1S/C10H12ClN3O/c1-3-5-6-12-8-7-13-14(4-2)10(15)9(8)11/h1,7,12H,4-6H2,2H3. The highest BCUT2D eigenvalue weighted by Gasteiger charge is 2.06. The summed E-state index contributed by atoms with van der Waals surface area (Å²) in [6, 6.07) is 0. The summed E-state index contributed by atoms with van der Waals surface area (Å²) in [5, 5.41) is 7.05. The molecule has 1 aromatic heterocycles. The molecule has 80 valence electrons. The summed E-state index contributed by atoms with van der Waals surface area (Å²) in [7, 11) is 0. The Morgan fingerprint density at radius 3 is 3.07 bits per heavy atom. The van der Waals surface area contributed by atoms with E-state index in [1.165, 1.54) is 10.9 Å². The van der Waals surface area contributed by atoms with Crippen molar-refractivity contribution in [2.75, 3.05) is 11.9 Å². The van der Waals surface area contributed by atoms with E-state index in [1.54, 1.807) is 0 Å². The van der Waals surface area contributed by atoms with Gasteiger partial charge < -0.3 is 5.32 Å². The maximum atomic E-state index is 11.5. The number of nitrogens with zero attached hydrogens (tertiary/aromatic N) is 2. The van der Waals surface area contributed by atoms with Gasteiger partial charge in [0.1, 0.15) is 5.02 Å². The second kappa shape index (κ2) is 5.42. The molecule has 1 aromatic rings. The molecule has 5 heteroatoms. The van der Waals surface area contributed by atoms with Crippen LogP contribution < -0.4 is 10.9 Å². The molecule has 0 aliphatic carbocycles. The lowest BCUT2D eigenvalue weighted by Crippen LogP contribution is -2.23. The summed E-state index contributed by atoms with van der Waals surface area (Å²) in [6.07, 6.45) is 7.21. The number of aryl methyl sites for hydroxylation is 1. The second-order valence-electron chi connectivity index (χ2n) is 2.87. The van der Waals surface area contributed by atoms with E-state index < -0.39 is 0 Å². The Kier molecular flexibility index (Phi) is 4.19. The first-order chi connectivity index (χ1) is 7.20. The van der Waals surface area contributed by atoms with E-state index in [0.717, 1.165) is 0 Å². The largest absolute Gasteiger partial charge is 0.381 e. The Morgan fingerprint density at radius 2 is 2.47 bits per heavy atom. The first kappa shape index (κ1) is 11.6. The average Bonchev–Trinajstić information content (AvgIpc) is 2.25. The smallest absolute Gasteiger partial charge is 0.287 e. The highest BCUT2D eigenvalue weighted by molar-refractivity contribution is 6.32. The van der Waals surface area contributed by atoms with Crippen LogP contribution in [0, 0.1) is 12.3 Å². The molecule has 0 aromatic carbocycles. The Morgan fingerprint density at radius 1 is 1.73 bits per heavy atom. The average molecular weight is 226 g/mol. The molecule has 15 heavy (non-hydrogen) atoms. The molecule has 0 aliphatic rings. The Hall–Kier alpha value is -1.47. The number of nitrogens with one attached hydrogen (secondary N) is 1. The Balaban J connectivity index is 2.88. The quantitative estimate of drug-likeness (QED) is 0.622. The molecule has 1 heterocycles. The molecule has 1 N–H and O–H groups in total. The van der Waals surface area contributed by atoms with Crippen LogP contribution in [0.3, 0.4) is 0 Å². The van der Waals surface area contributed by atoms with Crippen LogP contribution >= 0.6 is 11.6 Å². The zero-order chi connectivity index (χ0) is 11.3. The lowest BCUT2D eigenvalue weighted by atomic mass is 10.4. The van der Waals surface area contributed by atoms with Crippen molar-refractivity contribution in [2.24, 2.45) is 0 Å². The number of hydrogen-bond donors (Lipinski definition) is 1. The van der Waals surface area contributed by atoms with Crippen LogP contribution in [0.5, 0.6) is 0 Å². The van der Waals surface area contributed by atoms with Crippen molar-refractivity contribution in [1.29, 1.82) is 0 Å². The Bertz CT molecular complexity index is 433. The van der Waals surface area contributed by atoms with Gasteiger partial charge in [-0.1, -0.05) is 11.6 Å². The molecule has 1 rings (SSSR count). The molecule has 0 bridgehead atoms. The van der Waals surface area contributed by atoms with Crippen LogP contribution in [0.2, 0.25) is 5.02 Å². The van der Waals surface area contributed by atoms with Crippen LogP contribution in [-0.4, -0.2) is 16.3 Å². The van der Waals surface area contributed by atoms with Crippen molar-refractivity contribution in [1.82, 2.24) is 9.78 Å². The molecule has 4 nitrogen and oxygen atoms in total. The number of hydrogen-bond acceptors (Lipinski definition) is 3. The third-order valence-corrected chi connectivity index (χ3v) is 2.23. The number of aromatic nitrogens is 2. The maximum absolute atomic E-state index is 11.5. The van der Waals surface area contributed by atoms with E-state index in [0.29, 0.717) is 25.2 Å². The van der Waals surface area contributed by atoms with Gasteiger partial charge in [-0.05, 0) is 6.92 Å². The molecule has 0 atom stereocenters. The molecular weight excluding hydrogens is 214 g/mol. The van der Waals surface area contributed by atoms with Crippen LogP contribution in [-0.2, 0) is 6.54 Å². The summed E-state index contributed by atoms with van der Waals surface area (Å²) < 4.78 is 1.30. The molecular formula is C10H12ClN3O. The van der Waals surface area contributed by atoms with Crippen molar-refractivity contribution < 1.29 is 0 Å². The molecule has 0 spiro atoms. The molecule has 0 saturated carbocycles. The fourth-order valence-electron chi connectivity index (χ4n) is 1.08. The molecule has 0 fully saturated rings. The van der Waals surface area contributed by atoms with Gasteiger partial charge in [0.2, 0.25) is 0 Å². The van der Waals surface area contributed by atoms with E-state index in [4.69, 9.17) is 18.0 Å². The van der Waals surface area contributed by atoms with Gasteiger partial charge in [-0.3, -0.25) is 4.79 Å². The van der Waals surface area contributed by atoms with Crippen molar-refractivity contribution in [3.8, 4) is 12.3 Å². The van der Waals surface area contributed by atoms with Gasteiger partial charge >= 0.3 is 0 Å². The van der Waals surface area contributed by atoms with E-state index in [1.807, 2.05) is 6.92 Å². The van der Waals surface area contributed by atoms with Crippen molar-refractivity contribution in [3.05, 3.63) is 21.6 Å². The van der Waals surface area contributed by atoms with Crippen LogP contribution in [0.15, 0.2) is 11.0 Å². The Labute approximate surface area is 93.3 Å². The van der Waals surface area contributed by atoms with Gasteiger partial charge in [0.25, 0.3) is 5.56 Å². The number of terminal acetylenes is 1. The summed E-state index contributed by atoms with van der Waals surface area (Å²) >= 11 is 5.87. The summed E-state index contributed by atoms with van der Waals surface area (Å²) in [6.45, 7) is 2.91. The SMILES string of the molecule is C#CCCNc1cnn(CC)c(=O)c1Cl. The molecule has 0 saturated heterocycles. The first-order valence-electron chi connectivity index (χ1n) is 4.63. The topological polar surface area (TPSA) is 46.9 Å². The van der Waals surface area contributed by atoms with Gasteiger partial charge in [0.05, 0.1) is 11.9 Å². The second-order valence-corrected chi connectivity index (χ2v) is 3.25. The van der Waals surface area contributed by atoms with Gasteiger partial charge in [-0.25, -0.2) is 4.68 Å². The lowest BCUT2D eigenvalue weighted by molar-refractivity contribution is 0.616. The predicted molar refractivity (Wildman–Crippen MR) is 61.1 cm³/mol. The van der Waals surface area contributed by atoms with Crippen LogP contribution in [0.1, 0.15) is 13.3 Å². The van der Waals surface area contributed by atoms with Gasteiger partial charge in [0, 0.05) is 19.5 Å². The minimum atomic E-state index is -0.287. The van der Waals surface area contributed by atoms with E-state index in [-0.39, 0.29) is 10.6 Å². The maximum Gasteiger partial charge on any atom is 0.287 e. The normalized spacial score (nSPS) is 9.67. The minimum absolute atomic E-state index is 0.156. The summed E-state index contributed by atoms with van der Waals surface area (Å²) in [4.78, 5) is 11.5. The van der Waals surface area contributed by atoms with E-state index >= 15 is 0 Å². The summed E-state index contributed by atoms with van der Waals surface area (Å²) in [5.41, 5.74) is 0.242. The number of halogens is 1. The van der Waals surface area contributed by atoms with E-state index in [2.05, 4.69) is 16.3 Å². The van der Waals surface area contributed by atoms with E-state index in [9.17, 15) is 4.79 Å². The number of rotatable bonds is 4. The van der Waals surface area contributed by atoms with Crippen molar-refractivity contribution >= 4 is 17.3 Å². The highest BCUT2D eigenvalue weighted by Crippen LogP contribution is 2.14. The lowest BCUT2D eigenvalue weighted by Gasteiger charge is -2.07. The monoisotopic (exact) mass is 225 g/mol. The van der Waals surface area contributed by atoms with Crippen molar-refractivity contribution in [3.63, 3.8) is 0 Å². The third kappa shape index (κ3) is 2.74.